The molecule has 0 saturated carbocycles. The Kier molecular flexibility index (Phi) is 7.27. The fourth-order valence-corrected chi connectivity index (χ4v) is 3.64. The number of hydrogen-bond donors (Lipinski definition) is 1. The summed E-state index contributed by atoms with van der Waals surface area (Å²) in [5, 5.41) is 0. The van der Waals surface area contributed by atoms with Crippen LogP contribution in [0.1, 0.15) is 34.6 Å². The van der Waals surface area contributed by atoms with Crippen molar-refractivity contribution < 1.29 is 4.52 Å². The van der Waals surface area contributed by atoms with Crippen LogP contribution in [0.4, 0.5) is 0 Å². The third-order valence-corrected chi connectivity index (χ3v) is 4.15. The van der Waals surface area contributed by atoms with E-state index in [4.69, 9.17) is 21.5 Å². The van der Waals surface area contributed by atoms with Gasteiger partial charge in [-0.3, -0.25) is 0 Å². The van der Waals surface area contributed by atoms with Gasteiger partial charge in [-0.2, -0.15) is 0 Å². The molecule has 2 unspecified atom stereocenters. The maximum atomic E-state index is 6.19. The third kappa shape index (κ3) is 5.47. The normalized spacial score (nSPS) is 16.7. The van der Waals surface area contributed by atoms with Crippen molar-refractivity contribution in [1.82, 2.24) is 4.67 Å². The van der Waals surface area contributed by atoms with E-state index in [1.165, 1.54) is 0 Å². The van der Waals surface area contributed by atoms with Crippen LogP contribution in [0.3, 0.4) is 0 Å². The minimum absolute atomic E-state index is 0.0416. The van der Waals surface area contributed by atoms with Gasteiger partial charge in [0.05, 0.1) is 6.61 Å². The van der Waals surface area contributed by atoms with Crippen LogP contribution in [0.15, 0.2) is 0 Å². The van der Waals surface area contributed by atoms with Gasteiger partial charge in [0.25, 0.3) is 0 Å². The molecular formula is C9H22ClN2OP. The first-order chi connectivity index (χ1) is 6.36. The number of nitrogens with two attached hydrogens (primary N) is 1. The standard InChI is InChI=1S/C9H22ClN2OP/c1-7(2)12(8(3)4)14(10)13-6-9(5)11/h7-9H,6,11H2,1-5H3. The van der Waals surface area contributed by atoms with Crippen molar-refractivity contribution in [3.8, 4) is 0 Å². The van der Waals surface area contributed by atoms with E-state index in [9.17, 15) is 0 Å². The average molecular weight is 241 g/mol. The topological polar surface area (TPSA) is 38.5 Å². The Morgan fingerprint density at radius 1 is 1.21 bits per heavy atom. The lowest BCUT2D eigenvalue weighted by molar-refractivity contribution is 0.254. The Morgan fingerprint density at radius 2 is 1.64 bits per heavy atom. The molecule has 86 valence electrons. The zero-order valence-corrected chi connectivity index (χ0v) is 11.3. The SMILES string of the molecule is CC(N)COP(Cl)N(C(C)C)C(C)C. The second kappa shape index (κ2) is 6.97. The molecule has 0 aliphatic carbocycles. The second-order valence-corrected chi connectivity index (χ2v) is 6.11. The highest BCUT2D eigenvalue weighted by Crippen LogP contribution is 2.49. The summed E-state index contributed by atoms with van der Waals surface area (Å²) in [7, 11) is -1.03. The van der Waals surface area contributed by atoms with Gasteiger partial charge in [-0.15, -0.1) is 0 Å². The summed E-state index contributed by atoms with van der Waals surface area (Å²) in [5.41, 5.74) is 5.60. The Labute approximate surface area is 93.6 Å². The molecule has 0 aliphatic heterocycles. The monoisotopic (exact) mass is 240 g/mol. The van der Waals surface area contributed by atoms with E-state index >= 15 is 0 Å². The van der Waals surface area contributed by atoms with Crippen LogP contribution in [-0.4, -0.2) is 29.4 Å². The summed E-state index contributed by atoms with van der Waals surface area (Å²) in [6.45, 7) is 10.9. The summed E-state index contributed by atoms with van der Waals surface area (Å²) in [6, 6.07) is 0.832. The van der Waals surface area contributed by atoms with Crippen LogP contribution >= 0.6 is 18.9 Å². The molecule has 0 spiro atoms. The first-order valence-corrected chi connectivity index (χ1v) is 7.10. The van der Waals surface area contributed by atoms with E-state index in [2.05, 4.69) is 32.4 Å². The lowest BCUT2D eigenvalue weighted by atomic mass is 10.3. The Bertz CT molecular complexity index is 148. The van der Waals surface area contributed by atoms with Gasteiger partial charge in [0.15, 0.2) is 0 Å². The van der Waals surface area contributed by atoms with Gasteiger partial charge in [-0.05, 0) is 45.9 Å². The largest absolute Gasteiger partial charge is 0.330 e. The summed E-state index contributed by atoms with van der Waals surface area (Å²) < 4.78 is 7.69. The molecule has 0 fully saturated rings. The van der Waals surface area contributed by atoms with E-state index in [1.807, 2.05) is 6.92 Å². The van der Waals surface area contributed by atoms with Crippen molar-refractivity contribution in [2.75, 3.05) is 6.61 Å². The van der Waals surface area contributed by atoms with Crippen molar-refractivity contribution in [2.45, 2.75) is 52.7 Å². The van der Waals surface area contributed by atoms with Crippen molar-refractivity contribution in [3.05, 3.63) is 0 Å². The molecule has 0 aromatic heterocycles. The number of halogens is 1. The van der Waals surface area contributed by atoms with Crippen molar-refractivity contribution >= 4 is 18.9 Å². The molecule has 2 atom stereocenters. The van der Waals surface area contributed by atoms with E-state index in [0.717, 1.165) is 0 Å². The van der Waals surface area contributed by atoms with Crippen molar-refractivity contribution in [2.24, 2.45) is 5.73 Å². The van der Waals surface area contributed by atoms with E-state index in [1.54, 1.807) is 0 Å². The molecule has 0 aromatic rings. The van der Waals surface area contributed by atoms with E-state index < -0.39 is 7.65 Å². The summed E-state index contributed by atoms with van der Waals surface area (Å²) >= 11 is 6.19. The van der Waals surface area contributed by atoms with Crippen LogP contribution in [0.25, 0.3) is 0 Å². The fraction of sp³-hybridized carbons (Fsp3) is 1.00. The van der Waals surface area contributed by atoms with Crippen molar-refractivity contribution in [3.63, 3.8) is 0 Å². The molecule has 0 aliphatic rings. The maximum absolute atomic E-state index is 6.19. The Hall–Kier alpha value is 0.600. The Morgan fingerprint density at radius 3 is 1.93 bits per heavy atom. The zero-order chi connectivity index (χ0) is 11.3. The lowest BCUT2D eigenvalue weighted by Gasteiger charge is -2.33. The zero-order valence-electron chi connectivity index (χ0n) is 9.70. The van der Waals surface area contributed by atoms with Crippen LogP contribution in [0, 0.1) is 0 Å². The second-order valence-electron chi connectivity index (χ2n) is 4.07. The number of hydrogen-bond acceptors (Lipinski definition) is 3. The minimum atomic E-state index is -1.03. The summed E-state index contributed by atoms with van der Waals surface area (Å²) in [5.74, 6) is 0. The molecule has 0 heterocycles. The van der Waals surface area contributed by atoms with Gasteiger partial charge < -0.3 is 10.3 Å². The summed E-state index contributed by atoms with van der Waals surface area (Å²) in [4.78, 5) is 0. The fourth-order valence-electron chi connectivity index (χ4n) is 1.21. The predicted octanol–water partition coefficient (Wildman–Crippen LogP) is 2.93. The number of rotatable bonds is 6. The summed E-state index contributed by atoms with van der Waals surface area (Å²) in [6.07, 6.45) is 0. The highest BCUT2D eigenvalue weighted by atomic mass is 35.7. The molecule has 0 aromatic carbocycles. The van der Waals surface area contributed by atoms with Crippen LogP contribution < -0.4 is 5.73 Å². The van der Waals surface area contributed by atoms with Gasteiger partial charge in [0, 0.05) is 18.1 Å². The van der Waals surface area contributed by atoms with Gasteiger partial charge in [-0.25, -0.2) is 4.67 Å². The molecule has 0 bridgehead atoms. The average Bonchev–Trinajstić information content (AvgIpc) is 1.99. The molecule has 0 amide bonds. The van der Waals surface area contributed by atoms with Crippen LogP contribution in [0.2, 0.25) is 0 Å². The van der Waals surface area contributed by atoms with Gasteiger partial charge >= 0.3 is 0 Å². The molecule has 0 radical (unpaired) electrons. The quantitative estimate of drug-likeness (QED) is 0.726. The molecule has 0 rings (SSSR count). The molecule has 0 saturated heterocycles. The van der Waals surface area contributed by atoms with Gasteiger partial charge in [-0.1, -0.05) is 0 Å². The number of nitrogens with zero attached hydrogens (tertiary/aromatic N) is 1. The van der Waals surface area contributed by atoms with Crippen LogP contribution in [-0.2, 0) is 4.52 Å². The molecule has 3 nitrogen and oxygen atoms in total. The lowest BCUT2D eigenvalue weighted by Crippen LogP contribution is -2.32. The first kappa shape index (κ1) is 14.6. The highest BCUT2D eigenvalue weighted by molar-refractivity contribution is 7.78. The first-order valence-electron chi connectivity index (χ1n) is 4.99. The highest BCUT2D eigenvalue weighted by Gasteiger charge is 2.23. The molecular weight excluding hydrogens is 219 g/mol. The van der Waals surface area contributed by atoms with E-state index in [0.29, 0.717) is 18.7 Å². The predicted molar refractivity (Wildman–Crippen MR) is 64.5 cm³/mol. The molecule has 5 heteroatoms. The van der Waals surface area contributed by atoms with Gasteiger partial charge in [0.1, 0.15) is 0 Å². The maximum Gasteiger partial charge on any atom is 0.207 e. The van der Waals surface area contributed by atoms with Gasteiger partial charge in [0.2, 0.25) is 7.65 Å². The third-order valence-electron chi connectivity index (χ3n) is 1.68. The minimum Gasteiger partial charge on any atom is -0.330 e. The smallest absolute Gasteiger partial charge is 0.207 e. The van der Waals surface area contributed by atoms with Crippen LogP contribution in [0.5, 0.6) is 0 Å². The van der Waals surface area contributed by atoms with Crippen molar-refractivity contribution in [1.29, 1.82) is 0 Å². The molecule has 2 N–H and O–H groups in total. The molecule has 14 heavy (non-hydrogen) atoms. The Balaban J connectivity index is 4.09. The van der Waals surface area contributed by atoms with E-state index in [-0.39, 0.29) is 6.04 Å².